The summed E-state index contributed by atoms with van der Waals surface area (Å²) in [6.45, 7) is 4.83. The molecule has 9 heteroatoms. The number of carbonyl (C=O) groups is 1. The van der Waals surface area contributed by atoms with E-state index in [2.05, 4.69) is 39.4 Å². The molecule has 1 aliphatic heterocycles. The van der Waals surface area contributed by atoms with Gasteiger partial charge in [-0.05, 0) is 83.8 Å². The van der Waals surface area contributed by atoms with Crippen molar-refractivity contribution < 1.29 is 19.7 Å². The fourth-order valence-electron chi connectivity index (χ4n) is 6.48. The third kappa shape index (κ3) is 10.5. The number of benzene rings is 5. The molecule has 0 bridgehead atoms. The van der Waals surface area contributed by atoms with Crippen molar-refractivity contribution in [3.63, 3.8) is 0 Å². The minimum Gasteiger partial charge on any atom is -0.506 e. The van der Waals surface area contributed by atoms with Gasteiger partial charge in [0, 0.05) is 44.8 Å². The molecule has 1 aliphatic rings. The average Bonchev–Trinajstić information content (AvgIpc) is 3.14. The molecule has 5 aromatic rings. The molecule has 5 aromatic carbocycles. The van der Waals surface area contributed by atoms with E-state index < -0.39 is 6.09 Å². The van der Waals surface area contributed by atoms with Gasteiger partial charge in [0.25, 0.3) is 0 Å². The van der Waals surface area contributed by atoms with Crippen LogP contribution in [-0.4, -0.2) is 58.4 Å². The standard InChI is InChI=1S/C42H43Cl2N3O4/c43-37-26-32(14-16-40(37)48)28-47(29-33-15-17-41(49)38(44)27-33)23-19-31-12-10-30(11-13-31)18-22-46-24-20-35(21-25-46)51-42(50)45-39-9-5-4-8-36(39)34-6-2-1-3-7-34/h1-17,26-27,35,48-49H,18-25,28-29H2,(H,45,50). The minimum absolute atomic E-state index is 0.0670. The Balaban J connectivity index is 0.952. The van der Waals surface area contributed by atoms with E-state index in [9.17, 15) is 15.0 Å². The van der Waals surface area contributed by atoms with Crippen molar-refractivity contribution in [1.82, 2.24) is 9.80 Å². The summed E-state index contributed by atoms with van der Waals surface area (Å²) < 4.78 is 5.82. The Morgan fingerprint density at radius 1 is 0.725 bits per heavy atom. The van der Waals surface area contributed by atoms with E-state index in [1.807, 2.05) is 66.7 Å². The van der Waals surface area contributed by atoms with Crippen LogP contribution in [0.25, 0.3) is 11.1 Å². The number of amides is 1. The van der Waals surface area contributed by atoms with Crippen molar-refractivity contribution in [3.05, 3.63) is 148 Å². The molecule has 1 saturated heterocycles. The Bertz CT molecular complexity index is 1840. The van der Waals surface area contributed by atoms with Crippen molar-refractivity contribution in [2.45, 2.75) is 44.9 Å². The Kier molecular flexibility index (Phi) is 12.5. The maximum atomic E-state index is 12.8. The number of aromatic hydroxyl groups is 2. The number of hydrogen-bond acceptors (Lipinski definition) is 6. The predicted octanol–water partition coefficient (Wildman–Crippen LogP) is 9.57. The number of hydrogen-bond donors (Lipinski definition) is 3. The van der Waals surface area contributed by atoms with Gasteiger partial charge < -0.3 is 19.8 Å². The summed E-state index contributed by atoms with van der Waals surface area (Å²) in [5.74, 6) is 0.134. The molecule has 6 rings (SSSR count). The quantitative estimate of drug-likeness (QED) is 0.112. The summed E-state index contributed by atoms with van der Waals surface area (Å²) in [6, 6.07) is 37.2. The van der Waals surface area contributed by atoms with Crippen LogP contribution in [0.15, 0.2) is 115 Å². The van der Waals surface area contributed by atoms with Gasteiger partial charge >= 0.3 is 6.09 Å². The van der Waals surface area contributed by atoms with E-state index in [-0.39, 0.29) is 17.6 Å². The summed E-state index contributed by atoms with van der Waals surface area (Å²) >= 11 is 12.4. The number of likely N-dealkylation sites (tertiary alicyclic amines) is 1. The maximum absolute atomic E-state index is 12.8. The lowest BCUT2D eigenvalue weighted by Gasteiger charge is -2.31. The van der Waals surface area contributed by atoms with Crippen LogP contribution in [0.1, 0.15) is 35.1 Å². The number of phenolic OH excluding ortho intramolecular Hbond substituents is 2. The molecule has 0 radical (unpaired) electrons. The molecule has 0 unspecified atom stereocenters. The summed E-state index contributed by atoms with van der Waals surface area (Å²) in [5, 5.41) is 23.4. The number of nitrogens with zero attached hydrogens (tertiary/aromatic N) is 2. The van der Waals surface area contributed by atoms with Gasteiger partial charge in [-0.1, -0.05) is 108 Å². The molecule has 0 aromatic heterocycles. The third-order valence-electron chi connectivity index (χ3n) is 9.35. The number of para-hydroxylation sites is 1. The van der Waals surface area contributed by atoms with Crippen molar-refractivity contribution in [2.75, 3.05) is 31.5 Å². The van der Waals surface area contributed by atoms with Crippen LogP contribution in [0.5, 0.6) is 11.5 Å². The molecular formula is C42H43Cl2N3O4. The highest BCUT2D eigenvalue weighted by atomic mass is 35.5. The third-order valence-corrected chi connectivity index (χ3v) is 9.96. The molecule has 1 heterocycles. The lowest BCUT2D eigenvalue weighted by Crippen LogP contribution is -2.39. The van der Waals surface area contributed by atoms with E-state index in [4.69, 9.17) is 27.9 Å². The normalized spacial score (nSPS) is 13.7. The lowest BCUT2D eigenvalue weighted by molar-refractivity contribution is 0.0593. The number of phenols is 2. The van der Waals surface area contributed by atoms with E-state index in [1.54, 1.807) is 24.3 Å². The molecule has 3 N–H and O–H groups in total. The first-order valence-corrected chi connectivity index (χ1v) is 18.1. The number of ether oxygens (including phenoxy) is 1. The monoisotopic (exact) mass is 723 g/mol. The summed E-state index contributed by atoms with van der Waals surface area (Å²) in [6.07, 6.45) is 2.94. The van der Waals surface area contributed by atoms with Gasteiger partial charge in [-0.15, -0.1) is 0 Å². The van der Waals surface area contributed by atoms with Crippen LogP contribution in [0.3, 0.4) is 0 Å². The molecular weight excluding hydrogens is 681 g/mol. The molecule has 264 valence electrons. The van der Waals surface area contributed by atoms with Gasteiger partial charge in [0.05, 0.1) is 15.7 Å². The SMILES string of the molecule is O=C(Nc1ccccc1-c1ccccc1)OC1CCN(CCc2ccc(CCN(Cc3ccc(O)c(Cl)c3)Cc3ccc(O)c(Cl)c3)cc2)CC1. The minimum atomic E-state index is -0.408. The molecule has 51 heavy (non-hydrogen) atoms. The van der Waals surface area contributed by atoms with E-state index in [0.29, 0.717) is 23.1 Å². The second-order valence-corrected chi connectivity index (χ2v) is 13.9. The van der Waals surface area contributed by atoms with Gasteiger partial charge in [-0.3, -0.25) is 10.2 Å². The number of piperidine rings is 1. The largest absolute Gasteiger partial charge is 0.506 e. The molecule has 0 spiro atoms. The zero-order valence-electron chi connectivity index (χ0n) is 28.5. The van der Waals surface area contributed by atoms with Crippen LogP contribution < -0.4 is 5.32 Å². The summed E-state index contributed by atoms with van der Waals surface area (Å²) in [5.41, 5.74) is 7.30. The second kappa shape index (κ2) is 17.6. The summed E-state index contributed by atoms with van der Waals surface area (Å²) in [4.78, 5) is 17.6. The first kappa shape index (κ1) is 36.3. The molecule has 1 amide bonds. The zero-order chi connectivity index (χ0) is 35.6. The molecule has 7 nitrogen and oxygen atoms in total. The lowest BCUT2D eigenvalue weighted by atomic mass is 10.0. The van der Waals surface area contributed by atoms with Gasteiger partial charge in [-0.25, -0.2) is 4.79 Å². The Hall–Kier alpha value is -4.53. The molecule has 0 atom stereocenters. The van der Waals surface area contributed by atoms with E-state index in [1.165, 1.54) is 11.1 Å². The van der Waals surface area contributed by atoms with Crippen molar-refractivity contribution in [3.8, 4) is 22.6 Å². The number of carbonyl (C=O) groups excluding carboxylic acids is 1. The Labute approximate surface area is 310 Å². The van der Waals surface area contributed by atoms with Crippen molar-refractivity contribution >= 4 is 35.0 Å². The average molecular weight is 725 g/mol. The van der Waals surface area contributed by atoms with Gasteiger partial charge in [0.15, 0.2) is 0 Å². The number of nitrogens with one attached hydrogen (secondary N) is 1. The maximum Gasteiger partial charge on any atom is 0.411 e. The van der Waals surface area contributed by atoms with Crippen molar-refractivity contribution in [2.24, 2.45) is 0 Å². The van der Waals surface area contributed by atoms with Crippen LogP contribution in [0, 0.1) is 0 Å². The Morgan fingerprint density at radius 3 is 1.88 bits per heavy atom. The predicted molar refractivity (Wildman–Crippen MR) is 206 cm³/mol. The highest BCUT2D eigenvalue weighted by molar-refractivity contribution is 6.32. The first-order chi connectivity index (χ1) is 24.8. The molecule has 0 saturated carbocycles. The van der Waals surface area contributed by atoms with Crippen LogP contribution in [-0.2, 0) is 30.7 Å². The van der Waals surface area contributed by atoms with E-state index >= 15 is 0 Å². The topological polar surface area (TPSA) is 85.3 Å². The van der Waals surface area contributed by atoms with Crippen LogP contribution in [0.4, 0.5) is 10.5 Å². The van der Waals surface area contributed by atoms with Gasteiger partial charge in [-0.2, -0.15) is 0 Å². The van der Waals surface area contributed by atoms with Crippen LogP contribution in [0.2, 0.25) is 10.0 Å². The number of halogens is 2. The fraction of sp³-hybridized carbons (Fsp3) is 0.262. The summed E-state index contributed by atoms with van der Waals surface area (Å²) in [7, 11) is 0. The van der Waals surface area contributed by atoms with E-state index in [0.717, 1.165) is 79.8 Å². The fourth-order valence-corrected chi connectivity index (χ4v) is 6.88. The first-order valence-electron chi connectivity index (χ1n) is 17.4. The number of rotatable bonds is 13. The highest BCUT2D eigenvalue weighted by Crippen LogP contribution is 2.29. The molecule has 1 fully saturated rings. The van der Waals surface area contributed by atoms with Gasteiger partial charge in [0.1, 0.15) is 17.6 Å². The Morgan fingerprint density at radius 2 is 1.27 bits per heavy atom. The van der Waals surface area contributed by atoms with Gasteiger partial charge in [0.2, 0.25) is 0 Å². The highest BCUT2D eigenvalue weighted by Gasteiger charge is 2.23. The molecule has 0 aliphatic carbocycles. The smallest absolute Gasteiger partial charge is 0.411 e. The second-order valence-electron chi connectivity index (χ2n) is 13.1. The van der Waals surface area contributed by atoms with Crippen LogP contribution >= 0.6 is 23.2 Å². The number of anilines is 1. The zero-order valence-corrected chi connectivity index (χ0v) is 30.0. The van der Waals surface area contributed by atoms with Crippen molar-refractivity contribution in [1.29, 1.82) is 0 Å².